The maximum absolute atomic E-state index is 5.37. The fourth-order valence-corrected chi connectivity index (χ4v) is 1.05. The van der Waals surface area contributed by atoms with Gasteiger partial charge in [0.15, 0.2) is 0 Å². The van der Waals surface area contributed by atoms with Crippen LogP contribution in [0.5, 0.6) is 0 Å². The van der Waals surface area contributed by atoms with Crippen molar-refractivity contribution in [1.29, 1.82) is 0 Å². The minimum atomic E-state index is 0.770. The molecule has 13 heavy (non-hydrogen) atoms. The third-order valence-corrected chi connectivity index (χ3v) is 1.83. The van der Waals surface area contributed by atoms with Crippen LogP contribution in [-0.4, -0.2) is 45.4 Å². The molecule has 0 aliphatic carbocycles. The smallest absolute Gasteiger partial charge is 0.0300 e. The lowest BCUT2D eigenvalue weighted by atomic mass is 10.4. The Bertz CT molecular complexity index is 94.5. The highest BCUT2D eigenvalue weighted by Gasteiger charge is 1.96. The summed E-state index contributed by atoms with van der Waals surface area (Å²) in [7, 11) is 3.80. The third kappa shape index (κ3) is 8.14. The number of nitrogens with two attached hydrogens (primary N) is 1. The molecule has 0 saturated heterocycles. The molecule has 0 aliphatic rings. The van der Waals surface area contributed by atoms with Crippen molar-refractivity contribution in [1.82, 2.24) is 21.3 Å². The van der Waals surface area contributed by atoms with E-state index in [1.54, 1.807) is 0 Å². The fourth-order valence-electron chi connectivity index (χ4n) is 1.05. The summed E-state index contributed by atoms with van der Waals surface area (Å²) in [6.45, 7) is 3.82. The quantitative estimate of drug-likeness (QED) is 0.273. The molecule has 0 aromatic rings. The van der Waals surface area contributed by atoms with Gasteiger partial charge in [-0.15, -0.1) is 0 Å². The van der Waals surface area contributed by atoms with Crippen molar-refractivity contribution in [2.75, 3.05) is 40.3 Å². The van der Waals surface area contributed by atoms with E-state index >= 15 is 0 Å². The maximum atomic E-state index is 5.37. The summed E-state index contributed by atoms with van der Waals surface area (Å²) in [5.41, 5.74) is 11.4. The first-order valence-electron chi connectivity index (χ1n) is 4.88. The van der Waals surface area contributed by atoms with E-state index < -0.39 is 0 Å². The number of hydrazine groups is 2. The molecule has 5 N–H and O–H groups in total. The molecule has 0 fully saturated rings. The molecular formula is C8H23N5. The topological polar surface area (TPSA) is 65.3 Å². The maximum Gasteiger partial charge on any atom is 0.0300 e. The molecule has 80 valence electrons. The molecule has 0 unspecified atom stereocenters. The molecule has 0 heterocycles. The van der Waals surface area contributed by atoms with Gasteiger partial charge in [-0.25, -0.2) is 10.9 Å². The van der Waals surface area contributed by atoms with Crippen LogP contribution < -0.4 is 21.9 Å². The Morgan fingerprint density at radius 2 is 1.69 bits per heavy atom. The van der Waals surface area contributed by atoms with Crippen LogP contribution in [0.2, 0.25) is 0 Å². The van der Waals surface area contributed by atoms with E-state index in [1.807, 2.05) is 19.2 Å². The van der Waals surface area contributed by atoms with Crippen LogP contribution in [0.1, 0.15) is 12.8 Å². The lowest BCUT2D eigenvalue weighted by molar-refractivity contribution is 0.143. The van der Waals surface area contributed by atoms with Gasteiger partial charge in [-0.1, -0.05) is 0 Å². The highest BCUT2D eigenvalue weighted by atomic mass is 15.7. The van der Waals surface area contributed by atoms with Gasteiger partial charge in [-0.05, 0) is 32.5 Å². The number of rotatable bonds is 9. The predicted octanol–water partition coefficient (Wildman–Crippen LogP) is -1.11. The van der Waals surface area contributed by atoms with Crippen molar-refractivity contribution in [3.05, 3.63) is 0 Å². The Morgan fingerprint density at radius 1 is 1.08 bits per heavy atom. The average Bonchev–Trinajstić information content (AvgIpc) is 2.17. The molecule has 0 rings (SSSR count). The van der Waals surface area contributed by atoms with Crippen molar-refractivity contribution in [2.45, 2.75) is 12.8 Å². The number of hydrogen-bond donors (Lipinski definition) is 4. The summed E-state index contributed by atoms with van der Waals surface area (Å²) < 4.78 is 0. The summed E-state index contributed by atoms with van der Waals surface area (Å²) in [5.74, 6) is 0. The second kappa shape index (κ2) is 9.88. The van der Waals surface area contributed by atoms with Crippen molar-refractivity contribution in [3.63, 3.8) is 0 Å². The Morgan fingerprint density at radius 3 is 2.23 bits per heavy atom. The number of nitrogens with one attached hydrogen (secondary N) is 3. The Balaban J connectivity index is 3.05. The van der Waals surface area contributed by atoms with Gasteiger partial charge in [0.05, 0.1) is 0 Å². The van der Waals surface area contributed by atoms with E-state index in [1.165, 1.54) is 0 Å². The summed E-state index contributed by atoms with van der Waals surface area (Å²) >= 11 is 0. The summed E-state index contributed by atoms with van der Waals surface area (Å²) in [4.78, 5) is 0. The van der Waals surface area contributed by atoms with Crippen LogP contribution in [0.15, 0.2) is 0 Å². The van der Waals surface area contributed by atoms with Crippen molar-refractivity contribution >= 4 is 0 Å². The summed E-state index contributed by atoms with van der Waals surface area (Å²) in [6, 6.07) is 0. The Kier molecular flexibility index (Phi) is 9.73. The van der Waals surface area contributed by atoms with Crippen LogP contribution in [0.25, 0.3) is 0 Å². The first kappa shape index (κ1) is 12.8. The monoisotopic (exact) mass is 189 g/mol. The molecule has 5 heteroatoms. The largest absolute Gasteiger partial charge is 0.330 e. The molecular weight excluding hydrogens is 166 g/mol. The summed E-state index contributed by atoms with van der Waals surface area (Å²) in [5, 5.41) is 5.28. The second-order valence-electron chi connectivity index (χ2n) is 2.84. The van der Waals surface area contributed by atoms with E-state index in [9.17, 15) is 0 Å². The second-order valence-corrected chi connectivity index (χ2v) is 2.84. The fraction of sp³-hybridized carbons (Fsp3) is 1.00. The van der Waals surface area contributed by atoms with Gasteiger partial charge in [0.25, 0.3) is 0 Å². The van der Waals surface area contributed by atoms with E-state index in [0.29, 0.717) is 0 Å². The highest BCUT2D eigenvalue weighted by Crippen LogP contribution is 1.80. The van der Waals surface area contributed by atoms with Gasteiger partial charge in [-0.2, -0.15) is 5.12 Å². The molecule has 0 radical (unpaired) electrons. The minimum Gasteiger partial charge on any atom is -0.330 e. The molecule has 0 aromatic carbocycles. The number of hydrogen-bond acceptors (Lipinski definition) is 5. The lowest BCUT2D eigenvalue weighted by Gasteiger charge is -2.19. The molecule has 0 aromatic heterocycles. The van der Waals surface area contributed by atoms with Crippen molar-refractivity contribution in [2.24, 2.45) is 5.73 Å². The third-order valence-electron chi connectivity index (χ3n) is 1.83. The Hall–Kier alpha value is -0.200. The van der Waals surface area contributed by atoms with Gasteiger partial charge < -0.3 is 11.1 Å². The molecule has 0 amide bonds. The zero-order valence-corrected chi connectivity index (χ0v) is 8.77. The van der Waals surface area contributed by atoms with Gasteiger partial charge in [0, 0.05) is 20.6 Å². The Labute approximate surface area is 81.0 Å². The van der Waals surface area contributed by atoms with Crippen LogP contribution in [0, 0.1) is 0 Å². The first-order chi connectivity index (χ1) is 6.35. The zero-order chi connectivity index (χ0) is 9.94. The van der Waals surface area contributed by atoms with Gasteiger partial charge in [0.1, 0.15) is 0 Å². The SMILES string of the molecule is CNN(CCCNCCCN)NC. The lowest BCUT2D eigenvalue weighted by Crippen LogP contribution is -2.45. The average molecular weight is 189 g/mol. The summed E-state index contributed by atoms with van der Waals surface area (Å²) in [6.07, 6.45) is 2.17. The molecule has 0 bridgehead atoms. The predicted molar refractivity (Wildman–Crippen MR) is 56.0 cm³/mol. The van der Waals surface area contributed by atoms with E-state index in [0.717, 1.165) is 39.0 Å². The molecule has 0 aliphatic heterocycles. The van der Waals surface area contributed by atoms with E-state index in [2.05, 4.69) is 16.2 Å². The number of nitrogens with zero attached hydrogens (tertiary/aromatic N) is 1. The van der Waals surface area contributed by atoms with Crippen LogP contribution in [-0.2, 0) is 0 Å². The zero-order valence-electron chi connectivity index (χ0n) is 8.77. The minimum absolute atomic E-state index is 0.770. The van der Waals surface area contributed by atoms with Gasteiger partial charge in [-0.3, -0.25) is 0 Å². The van der Waals surface area contributed by atoms with E-state index in [4.69, 9.17) is 5.73 Å². The van der Waals surface area contributed by atoms with Gasteiger partial charge in [0.2, 0.25) is 0 Å². The standard InChI is InChI=1S/C8H23N5/c1-10-13(11-2)8-4-7-12-6-3-5-9/h10-12H,3-9H2,1-2H3. The molecule has 0 atom stereocenters. The van der Waals surface area contributed by atoms with Gasteiger partial charge >= 0.3 is 0 Å². The normalized spacial score (nSPS) is 11.1. The molecule has 0 spiro atoms. The molecule has 5 nitrogen and oxygen atoms in total. The van der Waals surface area contributed by atoms with Crippen LogP contribution in [0.4, 0.5) is 0 Å². The van der Waals surface area contributed by atoms with Crippen LogP contribution in [0.3, 0.4) is 0 Å². The van der Waals surface area contributed by atoms with Crippen molar-refractivity contribution < 1.29 is 0 Å². The first-order valence-corrected chi connectivity index (χ1v) is 4.88. The van der Waals surface area contributed by atoms with Crippen molar-refractivity contribution in [3.8, 4) is 0 Å². The van der Waals surface area contributed by atoms with E-state index in [-0.39, 0.29) is 0 Å². The van der Waals surface area contributed by atoms with Crippen LogP contribution >= 0.6 is 0 Å². The highest BCUT2D eigenvalue weighted by molar-refractivity contribution is 4.50. The molecule has 0 saturated carbocycles.